The van der Waals surface area contributed by atoms with E-state index < -0.39 is 123 Å². The summed E-state index contributed by atoms with van der Waals surface area (Å²) in [4.78, 5) is 0. The van der Waals surface area contributed by atoms with Crippen molar-refractivity contribution >= 4 is 59.2 Å². The van der Waals surface area contributed by atoms with Crippen molar-refractivity contribution in [3.63, 3.8) is 0 Å². The van der Waals surface area contributed by atoms with Crippen LogP contribution in [0.15, 0.2) is 54.6 Å². The summed E-state index contributed by atoms with van der Waals surface area (Å²) in [6.45, 7) is 21.6. The first-order valence-electron chi connectivity index (χ1n) is 18.9. The van der Waals surface area contributed by atoms with Gasteiger partial charge in [0.05, 0.1) is 20.8 Å². The average Bonchev–Trinajstić information content (AvgIpc) is 3.62. The van der Waals surface area contributed by atoms with Crippen LogP contribution in [0.5, 0.6) is 0 Å². The molecule has 0 aliphatic rings. The minimum Gasteiger partial charge on any atom is -0.351 e. The first kappa shape index (κ1) is 54.3. The van der Waals surface area contributed by atoms with Crippen LogP contribution in [0, 0.1) is 87.3 Å². The van der Waals surface area contributed by atoms with Crippen LogP contribution in [0.1, 0.15) is 73.6 Å². The van der Waals surface area contributed by atoms with Crippen molar-refractivity contribution in [1.29, 1.82) is 0 Å². The van der Waals surface area contributed by atoms with Gasteiger partial charge in [0.2, 0.25) is 0 Å². The van der Waals surface area contributed by atoms with Crippen molar-refractivity contribution in [2.24, 2.45) is 7.05 Å². The summed E-state index contributed by atoms with van der Waals surface area (Å²) in [5, 5.41) is 1.66. The lowest BCUT2D eigenvalue weighted by molar-refractivity contribution is 0.380. The maximum Gasteiger partial charge on any atom is 0.200 e. The monoisotopic (exact) mass is 981 g/mol. The standard InChI is InChI=1S/C31H12BF15N.C12H27P.CH2Cl2/c1-48-9-5-8-13(48)12(11-6-3-2-4-7-11)10-32(14-17(33)23(39)29(45)24(40)18(14)34,15-19(35)25(41)30(46)26(42)20(15)36)16-21(37)27(43)31(47)28(44)22(16)38;1-10(2,3)13(11(4,5)6)12(7,8)9;2-1-3/h2-10H,1H3;1-9H3;1H2/q-1;;/p+1/b12-10+;;. The van der Waals surface area contributed by atoms with E-state index in [4.69, 9.17) is 23.2 Å². The molecule has 1 aromatic heterocycles. The molecule has 0 N–H and O–H groups in total. The molecule has 0 spiro atoms. The fourth-order valence-electron chi connectivity index (χ4n) is 9.06. The summed E-state index contributed by atoms with van der Waals surface area (Å²) in [5.74, 6) is -45.8. The first-order valence-corrected chi connectivity index (χ1v) is 21.5. The largest absolute Gasteiger partial charge is 0.351 e. The Labute approximate surface area is 371 Å². The van der Waals surface area contributed by atoms with Gasteiger partial charge >= 0.3 is 0 Å². The summed E-state index contributed by atoms with van der Waals surface area (Å²) in [6, 6.07) is 8.37. The van der Waals surface area contributed by atoms with Crippen LogP contribution in [0.3, 0.4) is 0 Å². The van der Waals surface area contributed by atoms with E-state index in [9.17, 15) is 39.5 Å². The Morgan fingerprint density at radius 2 is 0.734 bits per heavy atom. The Kier molecular flexibility index (Phi) is 17.1. The van der Waals surface area contributed by atoms with Gasteiger partial charge in [-0.25, -0.2) is 71.8 Å². The first-order chi connectivity index (χ1) is 29.3. The molecule has 0 saturated carbocycles. The molecular formula is C44H42BCl2F15NP. The number of aryl methyl sites for hydroxylation is 1. The van der Waals surface area contributed by atoms with Gasteiger partial charge in [0.15, 0.2) is 52.4 Å². The van der Waals surface area contributed by atoms with Gasteiger partial charge in [0.25, 0.3) is 0 Å². The summed E-state index contributed by atoms with van der Waals surface area (Å²) < 4.78 is 228. The number of hydrogen-bond donors (Lipinski definition) is 0. The molecule has 64 heavy (non-hydrogen) atoms. The summed E-state index contributed by atoms with van der Waals surface area (Å²) in [7, 11) is 0.841. The van der Waals surface area contributed by atoms with Crippen LogP contribution < -0.4 is 16.4 Å². The molecule has 1 nitrogen and oxygen atoms in total. The number of hydrogen-bond acceptors (Lipinski definition) is 0. The van der Waals surface area contributed by atoms with Crippen LogP contribution in [-0.2, 0) is 7.05 Å². The number of benzene rings is 4. The lowest BCUT2D eigenvalue weighted by Crippen LogP contribution is -2.72. The van der Waals surface area contributed by atoms with E-state index in [0.29, 0.717) is 15.5 Å². The predicted octanol–water partition coefficient (Wildman–Crippen LogP) is 13.3. The third-order valence-electron chi connectivity index (χ3n) is 10.1. The molecular weight excluding hydrogens is 940 g/mol. The van der Waals surface area contributed by atoms with Crippen molar-refractivity contribution in [2.75, 3.05) is 5.34 Å². The van der Waals surface area contributed by atoms with Gasteiger partial charge < -0.3 is 4.57 Å². The Morgan fingerprint density at radius 3 is 0.953 bits per heavy atom. The zero-order valence-electron chi connectivity index (χ0n) is 35.9. The van der Waals surface area contributed by atoms with E-state index in [1.807, 2.05) is 0 Å². The van der Waals surface area contributed by atoms with Gasteiger partial charge in [0, 0.05) is 26.9 Å². The highest BCUT2D eigenvalue weighted by Gasteiger charge is 2.50. The Hall–Kier alpha value is -4.08. The van der Waals surface area contributed by atoms with E-state index in [-0.39, 0.29) is 22.6 Å². The second-order valence-corrected chi connectivity index (χ2v) is 23.6. The Morgan fingerprint density at radius 1 is 0.469 bits per heavy atom. The predicted molar refractivity (Wildman–Crippen MR) is 226 cm³/mol. The molecule has 0 saturated heterocycles. The molecule has 5 aromatic rings. The number of rotatable bonds is 6. The summed E-state index contributed by atoms with van der Waals surface area (Å²) >= 11 is 9.53. The van der Waals surface area contributed by atoms with Crippen LogP contribution in [0.2, 0.25) is 0 Å². The fraction of sp³-hybridized carbons (Fsp3) is 0.318. The molecule has 4 aromatic carbocycles. The molecule has 0 amide bonds. The smallest absolute Gasteiger partial charge is 0.200 e. The van der Waals surface area contributed by atoms with Crippen LogP contribution in [-0.4, -0.2) is 31.5 Å². The maximum absolute atomic E-state index is 15.9. The second-order valence-electron chi connectivity index (χ2n) is 17.6. The van der Waals surface area contributed by atoms with Gasteiger partial charge in [-0.1, -0.05) is 30.3 Å². The molecule has 0 radical (unpaired) electrons. The molecule has 20 heteroatoms. The Balaban J connectivity index is 0.000000580. The SMILES string of the molecule is CC(C)(C)[PH+](C(C)(C)C)C(C)(C)C.ClCCl.Cn1cccc1/C(=C/[B-](c1c(F)c(F)c(F)c(F)c1F)(c1c(F)c(F)c(F)c(F)c1F)c1c(F)c(F)c(F)c(F)c1F)c1ccccc1. The molecule has 0 aliphatic carbocycles. The summed E-state index contributed by atoms with van der Waals surface area (Å²) in [6.07, 6.45) is -4.66. The van der Waals surface area contributed by atoms with Crippen molar-refractivity contribution < 1.29 is 65.9 Å². The highest BCUT2D eigenvalue weighted by molar-refractivity contribution is 7.62. The molecule has 0 atom stereocenters. The highest BCUT2D eigenvalue weighted by Crippen LogP contribution is 2.67. The topological polar surface area (TPSA) is 4.93 Å². The van der Waals surface area contributed by atoms with E-state index in [0.717, 1.165) is 22.8 Å². The van der Waals surface area contributed by atoms with Crippen LogP contribution >= 0.6 is 31.1 Å². The van der Waals surface area contributed by atoms with E-state index >= 15 is 26.3 Å². The zero-order chi connectivity index (χ0) is 49.4. The van der Waals surface area contributed by atoms with Gasteiger partial charge in [0.1, 0.15) is 41.0 Å². The van der Waals surface area contributed by atoms with Gasteiger partial charge in [-0.2, -0.15) is 0 Å². The fourth-order valence-corrected chi connectivity index (χ4v) is 15.8. The quantitative estimate of drug-likeness (QED) is 0.0399. The van der Waals surface area contributed by atoms with Crippen molar-refractivity contribution in [1.82, 2.24) is 4.57 Å². The minimum atomic E-state index is -5.89. The molecule has 350 valence electrons. The van der Waals surface area contributed by atoms with E-state index in [2.05, 4.69) is 62.3 Å². The lowest BCUT2D eigenvalue weighted by Gasteiger charge is -2.42. The van der Waals surface area contributed by atoms with Gasteiger partial charge in [-0.3, -0.25) is 0 Å². The van der Waals surface area contributed by atoms with Crippen LogP contribution in [0.4, 0.5) is 65.9 Å². The van der Waals surface area contributed by atoms with Crippen molar-refractivity contribution in [3.05, 3.63) is 153 Å². The molecule has 1 heterocycles. The maximum atomic E-state index is 15.9. The minimum absolute atomic E-state index is 0.0561. The average molecular weight is 982 g/mol. The number of alkyl halides is 2. The van der Waals surface area contributed by atoms with Gasteiger partial charge in [-0.05, 0) is 85.6 Å². The van der Waals surface area contributed by atoms with Crippen molar-refractivity contribution in [3.8, 4) is 0 Å². The molecule has 5 rings (SSSR count). The normalized spacial score (nSPS) is 12.6. The lowest BCUT2D eigenvalue weighted by atomic mass is 9.14. The van der Waals surface area contributed by atoms with Crippen molar-refractivity contribution in [2.45, 2.75) is 77.8 Å². The molecule has 0 unspecified atom stereocenters. The summed E-state index contributed by atoms with van der Waals surface area (Å²) in [5.41, 5.74) is -9.42. The van der Waals surface area contributed by atoms with Crippen LogP contribution in [0.25, 0.3) is 5.57 Å². The molecule has 0 fully saturated rings. The Bertz CT molecular complexity index is 2260. The third kappa shape index (κ3) is 10.3. The number of nitrogens with zero attached hydrogens (tertiary/aromatic N) is 1. The number of halogens is 17. The molecule has 0 aliphatic heterocycles. The second kappa shape index (κ2) is 20.2. The van der Waals surface area contributed by atoms with E-state index in [1.165, 1.54) is 37.5 Å². The zero-order valence-corrected chi connectivity index (χ0v) is 38.4. The number of aromatic nitrogens is 1. The van der Waals surface area contributed by atoms with E-state index in [1.54, 1.807) is 0 Å². The van der Waals surface area contributed by atoms with Gasteiger partial charge in [-0.15, -0.1) is 39.6 Å². The third-order valence-corrected chi connectivity index (χ3v) is 14.6. The highest BCUT2D eigenvalue weighted by atomic mass is 35.5. The molecule has 0 bridgehead atoms.